The minimum absolute atomic E-state index is 0.00737. The van der Waals surface area contributed by atoms with Gasteiger partial charge in [-0.1, -0.05) is 76.3 Å². The van der Waals surface area contributed by atoms with Crippen molar-refractivity contribution in [1.82, 2.24) is 0 Å². The van der Waals surface area contributed by atoms with Crippen molar-refractivity contribution in [2.75, 3.05) is 13.2 Å². The maximum atomic E-state index is 12.3. The number of carbonyl (C=O) groups is 2. The number of Topliss-reactive ketones (excluding diaryl/α,β-unsaturated/α-hetero) is 1. The van der Waals surface area contributed by atoms with Gasteiger partial charge in [-0.3, -0.25) is 9.59 Å². The normalized spacial score (nSPS) is 32.4. The third-order valence-electron chi connectivity index (χ3n) is 12.6. The highest BCUT2D eigenvalue weighted by Crippen LogP contribution is 2.45. The minimum Gasteiger partial charge on any atom is -0.461 e. The van der Waals surface area contributed by atoms with Crippen molar-refractivity contribution in [2.45, 2.75) is 170 Å². The van der Waals surface area contributed by atoms with Crippen LogP contribution in [0, 0.1) is 17.8 Å². The monoisotopic (exact) mass is 839 g/mol. The van der Waals surface area contributed by atoms with E-state index in [2.05, 4.69) is 106 Å². The molecule has 9 atom stereocenters. The van der Waals surface area contributed by atoms with Crippen LogP contribution in [0.15, 0.2) is 116 Å². The Balaban J connectivity index is 0.000000232. The summed E-state index contributed by atoms with van der Waals surface area (Å²) >= 11 is 0. The third kappa shape index (κ3) is 13.4. The van der Waals surface area contributed by atoms with Crippen molar-refractivity contribution < 1.29 is 38.4 Å². The van der Waals surface area contributed by atoms with Gasteiger partial charge in [0.2, 0.25) is 11.6 Å². The van der Waals surface area contributed by atoms with Crippen molar-refractivity contribution >= 4 is 11.8 Å². The van der Waals surface area contributed by atoms with Crippen LogP contribution < -0.4 is 0 Å². The van der Waals surface area contributed by atoms with Crippen LogP contribution in [0.2, 0.25) is 0 Å². The zero-order valence-corrected chi connectivity index (χ0v) is 39.2. The van der Waals surface area contributed by atoms with E-state index in [0.717, 1.165) is 56.1 Å². The van der Waals surface area contributed by atoms with Crippen molar-refractivity contribution in [3.8, 4) is 0 Å². The molecular weight excluding hydrogens is 765 g/mol. The van der Waals surface area contributed by atoms with E-state index in [-0.39, 0.29) is 61.2 Å². The van der Waals surface area contributed by atoms with Crippen molar-refractivity contribution in [3.63, 3.8) is 0 Å². The summed E-state index contributed by atoms with van der Waals surface area (Å²) in [6, 6.07) is 0. The molecule has 2 aliphatic carbocycles. The summed E-state index contributed by atoms with van der Waals surface area (Å²) in [4.78, 5) is 23.8. The summed E-state index contributed by atoms with van der Waals surface area (Å²) in [7, 11) is 0. The van der Waals surface area contributed by atoms with Crippen LogP contribution in [0.25, 0.3) is 0 Å². The second-order valence-corrected chi connectivity index (χ2v) is 19.1. The molecule has 8 nitrogen and oxygen atoms in total. The fourth-order valence-electron chi connectivity index (χ4n) is 9.33. The van der Waals surface area contributed by atoms with Crippen LogP contribution in [0.1, 0.15) is 134 Å². The molecule has 0 aromatic heterocycles. The predicted octanol–water partition coefficient (Wildman–Crippen LogP) is 11.6. The second-order valence-electron chi connectivity index (χ2n) is 19.1. The van der Waals surface area contributed by atoms with Gasteiger partial charge in [-0.15, -0.1) is 0 Å². The Labute approximate surface area is 366 Å². The number of ether oxygens (including phenoxy) is 5. The first kappa shape index (κ1) is 48.4. The molecule has 1 N–H and O–H groups in total. The average Bonchev–Trinajstić information content (AvgIpc) is 3.14. The molecule has 61 heavy (non-hydrogen) atoms. The van der Waals surface area contributed by atoms with E-state index in [9.17, 15) is 14.7 Å². The number of ketones is 1. The van der Waals surface area contributed by atoms with Crippen LogP contribution in [0.5, 0.6) is 0 Å². The first-order valence-electron chi connectivity index (χ1n) is 22.5. The van der Waals surface area contributed by atoms with Gasteiger partial charge in [-0.25, -0.2) is 0 Å². The molecule has 0 unspecified atom stereocenters. The molecule has 0 radical (unpaired) electrons. The standard InChI is InChI=1S/C27H36O5.C26H38O3/c1-17(2)8-7-9-18(3)10-23-11-19(4)14-27(31-23)15-22(16-30-21(6)28)24-13-25(29)20(5)12-26(24)32-27;1-17(2)8-7-9-18(3)10-23-11-19(4)14-26(28-23)15-22(16-27)24-12-20(5)21(6)13-25(24)29-26/h8,10,12,14-15,23-24,26H,7,9,11,13,16H2,1-6H3;8,10,13-15,20,23-25,27H,7,9,11-12,16H2,1-6H3/b2*18-10+/t23-,24-,26-,27+;20-,23+,24+,25+,26-/m01/s1. The number of aliphatic hydroxyl groups is 1. The molecule has 8 heteroatoms. The van der Waals surface area contributed by atoms with Crippen LogP contribution in [0.4, 0.5) is 0 Å². The third-order valence-corrected chi connectivity index (χ3v) is 12.6. The quantitative estimate of drug-likeness (QED) is 0.162. The van der Waals surface area contributed by atoms with E-state index in [4.69, 9.17) is 23.7 Å². The van der Waals surface area contributed by atoms with E-state index in [1.54, 1.807) is 0 Å². The van der Waals surface area contributed by atoms with E-state index in [0.29, 0.717) is 17.9 Å². The molecule has 6 rings (SSSR count). The number of carbonyl (C=O) groups excluding carboxylic acids is 2. The van der Waals surface area contributed by atoms with E-state index < -0.39 is 11.6 Å². The highest BCUT2D eigenvalue weighted by Gasteiger charge is 2.47. The van der Waals surface area contributed by atoms with Gasteiger partial charge in [0.1, 0.15) is 6.61 Å². The molecular formula is C53H74O8. The van der Waals surface area contributed by atoms with Crippen LogP contribution in [0.3, 0.4) is 0 Å². The lowest BCUT2D eigenvalue weighted by Crippen LogP contribution is -2.49. The fraction of sp³-hybridized carbons (Fsp3) is 0.585. The Morgan fingerprint density at radius 1 is 0.721 bits per heavy atom. The van der Waals surface area contributed by atoms with E-state index >= 15 is 0 Å². The number of allylic oxidation sites excluding steroid dienone is 8. The lowest BCUT2D eigenvalue weighted by Gasteiger charge is -2.46. The van der Waals surface area contributed by atoms with Crippen LogP contribution in [-0.4, -0.2) is 66.1 Å². The first-order valence-corrected chi connectivity index (χ1v) is 22.5. The Hall–Kier alpha value is -3.66. The zero-order valence-electron chi connectivity index (χ0n) is 39.2. The topological polar surface area (TPSA) is 101 Å². The lowest BCUT2D eigenvalue weighted by molar-refractivity contribution is -0.225. The van der Waals surface area contributed by atoms with Crippen molar-refractivity contribution in [3.05, 3.63) is 116 Å². The second kappa shape index (κ2) is 21.1. The summed E-state index contributed by atoms with van der Waals surface area (Å²) in [5.41, 5.74) is 11.8. The highest BCUT2D eigenvalue weighted by molar-refractivity contribution is 5.96. The maximum absolute atomic E-state index is 12.3. The predicted molar refractivity (Wildman–Crippen MR) is 244 cm³/mol. The Bertz CT molecular complexity index is 1950. The largest absolute Gasteiger partial charge is 0.461 e. The number of esters is 1. The molecule has 0 saturated carbocycles. The molecule has 0 bridgehead atoms. The molecule has 6 aliphatic rings. The zero-order chi connectivity index (χ0) is 44.6. The van der Waals surface area contributed by atoms with Gasteiger partial charge in [-0.2, -0.15) is 0 Å². The van der Waals surface area contributed by atoms with Gasteiger partial charge in [0.05, 0.1) is 31.0 Å². The summed E-state index contributed by atoms with van der Waals surface area (Å²) in [6.45, 7) is 24.9. The molecule has 0 aromatic rings. The van der Waals surface area contributed by atoms with E-state index in [1.807, 2.05) is 31.2 Å². The molecule has 0 saturated heterocycles. The van der Waals surface area contributed by atoms with Gasteiger partial charge in [0, 0.05) is 25.2 Å². The lowest BCUT2D eigenvalue weighted by atomic mass is 9.75. The molecule has 0 aromatic carbocycles. The van der Waals surface area contributed by atoms with Crippen molar-refractivity contribution in [1.29, 1.82) is 0 Å². The summed E-state index contributed by atoms with van der Waals surface area (Å²) in [5.74, 6) is -1.53. The molecule has 0 fully saturated rings. The molecule has 2 spiro atoms. The number of hydrogen-bond acceptors (Lipinski definition) is 8. The van der Waals surface area contributed by atoms with E-state index in [1.165, 1.54) is 45.9 Å². The highest BCUT2D eigenvalue weighted by atomic mass is 16.7. The van der Waals surface area contributed by atoms with Crippen molar-refractivity contribution in [2.24, 2.45) is 17.8 Å². The number of rotatable bonds is 11. The number of fused-ring (bicyclic) bond motifs is 2. The molecule has 334 valence electrons. The Morgan fingerprint density at radius 2 is 1.23 bits per heavy atom. The molecule has 4 heterocycles. The van der Waals surface area contributed by atoms with Crippen LogP contribution >= 0.6 is 0 Å². The Morgan fingerprint density at radius 3 is 1.72 bits per heavy atom. The fourth-order valence-corrected chi connectivity index (χ4v) is 9.33. The summed E-state index contributed by atoms with van der Waals surface area (Å²) in [6.07, 6.45) is 27.9. The number of hydrogen-bond donors (Lipinski definition) is 1. The Kier molecular flexibility index (Phi) is 16.8. The van der Waals surface area contributed by atoms with Gasteiger partial charge >= 0.3 is 5.97 Å². The molecule has 0 amide bonds. The van der Waals surface area contributed by atoms with Gasteiger partial charge in [0.15, 0.2) is 5.78 Å². The van der Waals surface area contributed by atoms with Gasteiger partial charge in [0.25, 0.3) is 0 Å². The van der Waals surface area contributed by atoms with Gasteiger partial charge < -0.3 is 28.8 Å². The SMILES string of the molecule is CC(=O)OCC1=C[C@@]2(C=C(C)C[C@H](/C=C(\C)CCC=C(C)C)O2)O[C@H]2C=C(C)C(=O)C[C@@H]12.CC(C)=CCC/C(C)=C/[C@H]1CC(C)=C[C@@]2(C=C(CO)[C@@H]3C[C@@H](C)C(C)=C[C@@H]3O2)O1. The number of aliphatic hydroxyl groups excluding tert-OH is 1. The maximum Gasteiger partial charge on any atom is 0.302 e. The smallest absolute Gasteiger partial charge is 0.302 e. The minimum atomic E-state index is -1.03. The summed E-state index contributed by atoms with van der Waals surface area (Å²) in [5, 5.41) is 10.1. The average molecular weight is 839 g/mol. The van der Waals surface area contributed by atoms with Gasteiger partial charge in [-0.05, 0) is 167 Å². The molecule has 4 aliphatic heterocycles. The first-order chi connectivity index (χ1) is 28.8. The summed E-state index contributed by atoms with van der Waals surface area (Å²) < 4.78 is 31.4. The van der Waals surface area contributed by atoms with Crippen LogP contribution in [-0.2, 0) is 33.3 Å².